The molecule has 10 bridgehead atoms. The van der Waals surface area contributed by atoms with Crippen LogP contribution >= 0.6 is 0 Å². The Kier molecular flexibility index (Phi) is 25.3. The number of amides is 2. The molecular weight excluding hydrogens is 1450 g/mol. The molecule has 1 spiro atoms. The van der Waals surface area contributed by atoms with Gasteiger partial charge in [0.25, 0.3) is 29.2 Å². The number of rotatable bonds is 2. The molecule has 10 aliphatic rings. The fraction of sp³-hybridized carbons (Fsp3) is 0.477. The average Bonchev–Trinajstić information content (AvgIpc) is 1.58. The molecule has 2 aromatic carbocycles. The van der Waals surface area contributed by atoms with E-state index < -0.39 is 137 Å². The summed E-state index contributed by atoms with van der Waals surface area (Å²) in [4.78, 5) is 107. The Labute approximate surface area is 658 Å². The number of Topliss-reactive ketones (excluding diaryl/α,β-unsaturated/α-hetero) is 4. The molecule has 27 nitrogen and oxygen atoms in total. The predicted molar refractivity (Wildman–Crippen MR) is 418 cm³/mol. The van der Waals surface area contributed by atoms with Crippen LogP contribution in [0.25, 0.3) is 0 Å². The smallest absolute Gasteiger partial charge is 0.335 e. The van der Waals surface area contributed by atoms with Crippen LogP contribution in [0.4, 0.5) is 5.82 Å². The van der Waals surface area contributed by atoms with Crippen LogP contribution in [0.2, 0.25) is 0 Å². The van der Waals surface area contributed by atoms with Crippen LogP contribution in [0.3, 0.4) is 0 Å². The van der Waals surface area contributed by atoms with E-state index in [1.54, 1.807) is 94.6 Å². The van der Waals surface area contributed by atoms with Gasteiger partial charge in [-0.1, -0.05) is 106 Å². The average molecular weight is 1560 g/mol. The van der Waals surface area contributed by atoms with E-state index in [0.29, 0.717) is 17.4 Å². The van der Waals surface area contributed by atoms with Crippen molar-refractivity contribution in [3.63, 3.8) is 0 Å². The topological polar surface area (TPSA) is 393 Å². The molecule has 2 amide bonds. The van der Waals surface area contributed by atoms with Gasteiger partial charge in [0.15, 0.2) is 0 Å². The summed E-state index contributed by atoms with van der Waals surface area (Å²) in [6, 6.07) is 2.79. The number of hydrogen-bond donors (Lipinski definition) is 9. The van der Waals surface area contributed by atoms with E-state index >= 15 is 0 Å². The molecule has 20 atom stereocenters. The number of amidine groups is 1. The molecule has 1 fully saturated rings. The summed E-state index contributed by atoms with van der Waals surface area (Å²) >= 11 is 0. The summed E-state index contributed by atoms with van der Waals surface area (Å²) in [6.45, 7) is 31.4. The predicted octanol–water partition coefficient (Wildman–Crippen LogP) is 10.6. The Morgan fingerprint density at radius 1 is 0.593 bits per heavy atom. The first-order valence-electron chi connectivity index (χ1n) is 38.0. The molecule has 10 N–H and O–H groups in total. The Morgan fingerprint density at radius 3 is 1.57 bits per heavy atom. The summed E-state index contributed by atoms with van der Waals surface area (Å²) in [6.07, 6.45) is 19.5. The van der Waals surface area contributed by atoms with Crippen molar-refractivity contribution in [1.29, 1.82) is 0 Å². The number of benzene rings is 2. The summed E-state index contributed by atoms with van der Waals surface area (Å²) in [5.41, 5.74) is 7.20. The number of carbonyl (C=O) groups excluding carboxylic acids is 7. The number of ketones is 4. The van der Waals surface area contributed by atoms with Gasteiger partial charge in [-0.25, -0.2) is 9.78 Å². The highest BCUT2D eigenvalue weighted by atomic mass is 16.8. The number of methoxy groups -OCH3 is 2. The lowest BCUT2D eigenvalue weighted by Crippen LogP contribution is -2.42. The van der Waals surface area contributed by atoms with E-state index in [0.717, 1.165) is 17.2 Å². The van der Waals surface area contributed by atoms with Crippen molar-refractivity contribution in [2.75, 3.05) is 26.6 Å². The minimum absolute atomic E-state index is 0.0378. The number of esters is 1. The van der Waals surface area contributed by atoms with Crippen LogP contribution in [-0.2, 0) is 48.6 Å². The second-order valence-electron chi connectivity index (χ2n) is 31.5. The molecule has 9 heterocycles. The number of allylic oxidation sites excluding steroid dienone is 8. The van der Waals surface area contributed by atoms with Crippen LogP contribution in [0.15, 0.2) is 143 Å². The fourth-order valence-corrected chi connectivity index (χ4v) is 15.8. The zero-order valence-electron chi connectivity index (χ0n) is 67.6. The van der Waals surface area contributed by atoms with Gasteiger partial charge >= 0.3 is 17.5 Å². The zero-order chi connectivity index (χ0) is 83.3. The molecule has 1 saturated heterocycles. The number of nitrogens with two attached hydrogens (primary N) is 1. The first-order chi connectivity index (χ1) is 53.1. The van der Waals surface area contributed by atoms with Crippen LogP contribution in [0, 0.1) is 80.0 Å². The van der Waals surface area contributed by atoms with Crippen molar-refractivity contribution >= 4 is 52.6 Å². The molecule has 1 aromatic heterocycles. The maximum atomic E-state index is 14.6. The van der Waals surface area contributed by atoms with Gasteiger partial charge < -0.3 is 89.8 Å². The number of aliphatic hydroxyl groups excluding tert-OH is 4. The second-order valence-corrected chi connectivity index (χ2v) is 31.5. The molecule has 606 valence electrons. The van der Waals surface area contributed by atoms with Crippen molar-refractivity contribution < 1.29 is 102 Å². The summed E-state index contributed by atoms with van der Waals surface area (Å²) in [5.74, 6) is -13.5. The van der Waals surface area contributed by atoms with Crippen molar-refractivity contribution in [3.8, 4) is 23.0 Å². The lowest BCUT2D eigenvalue weighted by molar-refractivity contribution is -0.160. The first-order valence-corrected chi connectivity index (χ1v) is 38.0. The molecule has 2 unspecified atom stereocenters. The summed E-state index contributed by atoms with van der Waals surface area (Å²) in [7, 11) is 3.10. The van der Waals surface area contributed by atoms with E-state index in [2.05, 4.69) is 15.6 Å². The highest BCUT2D eigenvalue weighted by molar-refractivity contribution is 6.22. The van der Waals surface area contributed by atoms with Crippen LogP contribution in [0.5, 0.6) is 23.0 Å². The number of fused-ring (bicyclic) bond motifs is 18. The van der Waals surface area contributed by atoms with E-state index in [4.69, 9.17) is 48.6 Å². The van der Waals surface area contributed by atoms with Gasteiger partial charge in [0, 0.05) is 98.0 Å². The number of pyridine rings is 1. The Bertz CT molecular complexity index is 4690. The molecule has 13 rings (SSSR count). The highest BCUT2D eigenvalue weighted by Crippen LogP contribution is 2.56. The lowest BCUT2D eigenvalue weighted by Gasteiger charge is -2.37. The van der Waals surface area contributed by atoms with Gasteiger partial charge in [-0.05, 0) is 125 Å². The van der Waals surface area contributed by atoms with Gasteiger partial charge in [-0.3, -0.25) is 33.8 Å². The number of nitrogens with one attached hydrogen (secondary N) is 2. The molecular formula is C86H106N6O21. The maximum Gasteiger partial charge on any atom is 0.335 e. The Hall–Kier alpha value is -10.1. The van der Waals surface area contributed by atoms with Crippen LogP contribution in [0.1, 0.15) is 179 Å². The van der Waals surface area contributed by atoms with Crippen LogP contribution in [-0.4, -0.2) is 156 Å². The van der Waals surface area contributed by atoms with Gasteiger partial charge in [-0.2, -0.15) is 0 Å². The number of carbonyl (C=O) groups is 7. The highest BCUT2D eigenvalue weighted by Gasteiger charge is 2.59. The SMILES string of the molecule is CO[C@H]1/C=C/O[C@@]2(C)Oc3c(C)c(O)c4c(c3C2=O)C2(C=C(NC(=O)/C(C)=C\C=C\[C@H](C)[C@H](O)[C@@H](C)[C@@H](O)[C@@H](C)[C@H](C)[C@@H]1C)C4=O)OCC(=O)O2.CO[C@H]1/C=C/O[C@@]2(C)Oc3c(C)c(O)c4c(c3C2=O)C2N=C3C=C(C)C=CN3C2=C(NC(=O)/C(C)=C\C=C\[C@H](C)[C@H](O)[C@@H](C)[C@@H](O)[C@@H](C)[C@H](C)[C@@H]1C)C4=O.Cc1ccnc(N)c1. The fourth-order valence-electron chi connectivity index (χ4n) is 15.8. The molecule has 8 aliphatic heterocycles. The number of hydrogen-bond acceptors (Lipinski definition) is 25. The third-order valence-corrected chi connectivity index (χ3v) is 23.9. The lowest BCUT2D eigenvalue weighted by atomic mass is 9.74. The molecule has 0 saturated carbocycles. The van der Waals surface area contributed by atoms with Gasteiger partial charge in [-0.15, -0.1) is 0 Å². The van der Waals surface area contributed by atoms with E-state index in [1.165, 1.54) is 53.4 Å². The third-order valence-electron chi connectivity index (χ3n) is 23.9. The third kappa shape index (κ3) is 16.1. The minimum Gasteiger partial charge on any atom is -0.507 e. The van der Waals surface area contributed by atoms with Crippen molar-refractivity contribution in [2.24, 2.45) is 64.2 Å². The normalized spacial score (nSPS) is 35.3. The van der Waals surface area contributed by atoms with Crippen molar-refractivity contribution in [2.45, 2.75) is 185 Å². The molecule has 27 heteroatoms. The monoisotopic (exact) mass is 1560 g/mol. The quantitative estimate of drug-likeness (QED) is 0.108. The molecule has 3 aromatic rings. The second kappa shape index (κ2) is 33.5. The Balaban J connectivity index is 0.000000218. The number of aryl methyl sites for hydroxylation is 1. The Morgan fingerprint density at radius 2 is 1.09 bits per heavy atom. The molecule has 2 aliphatic carbocycles. The number of ether oxygens (including phenoxy) is 8. The molecule has 0 radical (unpaired) electrons. The molecule has 113 heavy (non-hydrogen) atoms. The van der Waals surface area contributed by atoms with Crippen molar-refractivity contribution in [3.05, 3.63) is 188 Å². The zero-order valence-corrected chi connectivity index (χ0v) is 67.6. The standard InChI is InChI=1S/C42H51N3O9.C38H47NO12.C6H8N2/c1-19-14-16-45-28(18-19)43-32-29-30-37(48)26(8)39-31(29)40(50)42(9,54-39)53-17-15-27(52-10)23(5)22(4)24(6)36(47)25(7)35(46)20(2)12-11-13-21(3)41(51)44-33(34(32)45)38(30)49;1-17-11-10-12-18(2)36(46)39-24-15-38(49-16-26(40)50-38)29-27(33(24)44)32(43)23(7)34-28(29)35(45)37(8,51-34)48-14-13-25(47-9)20(4)19(3)21(5)31(42)22(6)30(17)41;1-5-2-3-8-6(7)4-5/h11-18,20,22-25,27,32,35-36,46-48H,1-10H3,(H,44,51);10-15,17,19-22,25,30-31,41-43H,16H2,1-9H3,(H,39,46);2-4H,1H3,(H2,7,8)/b12-11+,17-15+,21-13-;11-10+,14-13+,18-12-;/t20-,22+,23-,24-,25+,27-,32?,35-,36-,42-;17-,19+,20-,21-,22+,25-,30-,31-,37-,38?;/m00./s1. The number of nitrogens with zero attached hydrogens (tertiary/aromatic N) is 3. The van der Waals surface area contributed by atoms with Gasteiger partial charge in [0.2, 0.25) is 11.6 Å². The summed E-state index contributed by atoms with van der Waals surface area (Å²) in [5, 5.41) is 73.5. The summed E-state index contributed by atoms with van der Waals surface area (Å²) < 4.78 is 47.3. The largest absolute Gasteiger partial charge is 0.507 e. The number of aromatic hydroxyl groups is 2. The maximum absolute atomic E-state index is 14.6. The number of nitrogen functional groups attached to an aromatic ring is 1. The minimum atomic E-state index is -2.17. The number of aliphatic hydroxyl groups is 4. The number of aromatic nitrogens is 1. The first kappa shape index (κ1) is 85.3. The van der Waals surface area contributed by atoms with E-state index in [-0.39, 0.29) is 120 Å². The number of phenols is 2. The van der Waals surface area contributed by atoms with Crippen LogP contribution < -0.4 is 25.8 Å². The van der Waals surface area contributed by atoms with Gasteiger partial charge in [0.1, 0.15) is 53.0 Å². The van der Waals surface area contributed by atoms with E-state index in [9.17, 15) is 64.2 Å². The number of phenolic OH excluding ortho intramolecular Hbond substituents is 2. The van der Waals surface area contributed by atoms with Crippen molar-refractivity contribution in [1.82, 2.24) is 20.5 Å². The van der Waals surface area contributed by atoms with E-state index in [1.807, 2.05) is 93.5 Å². The number of anilines is 1. The van der Waals surface area contributed by atoms with Gasteiger partial charge in [0.05, 0.1) is 88.4 Å². The number of aliphatic imine (C=N–C) groups is 1.